The van der Waals surface area contributed by atoms with E-state index in [0.29, 0.717) is 5.69 Å². The zero-order chi connectivity index (χ0) is 14.5. The monoisotopic (exact) mass is 271 g/mol. The molecule has 3 aromatic rings. The Morgan fingerprint density at radius 1 is 0.571 bits per heavy atom. The molecular weight excluding hydrogens is 258 g/mol. The zero-order valence-electron chi connectivity index (χ0n) is 11.3. The van der Waals surface area contributed by atoms with E-state index >= 15 is 0 Å². The fraction of sp³-hybridized carbons (Fsp3) is 0. The van der Waals surface area contributed by atoms with Crippen LogP contribution < -0.4 is 0 Å². The Labute approximate surface area is 123 Å². The maximum atomic E-state index is 8.40. The van der Waals surface area contributed by atoms with Gasteiger partial charge in [-0.2, -0.15) is 0 Å². The molecule has 0 spiro atoms. The van der Waals surface area contributed by atoms with Crippen LogP contribution in [0, 0.1) is 0 Å². The molecule has 0 heterocycles. The Morgan fingerprint density at radius 3 is 1.48 bits per heavy atom. The van der Waals surface area contributed by atoms with Crippen molar-refractivity contribution in [2.45, 2.75) is 0 Å². The molecule has 0 radical (unpaired) electrons. The van der Waals surface area contributed by atoms with Crippen molar-refractivity contribution in [2.75, 3.05) is 0 Å². The van der Waals surface area contributed by atoms with Gasteiger partial charge in [-0.1, -0.05) is 84.0 Å². The van der Waals surface area contributed by atoms with Crippen molar-refractivity contribution in [3.05, 3.63) is 89.3 Å². The second-order valence-corrected chi connectivity index (χ2v) is 4.68. The van der Waals surface area contributed by atoms with Crippen LogP contribution in [-0.2, 0) is 0 Å². The Morgan fingerprint density at radius 2 is 1.00 bits per heavy atom. The average Bonchev–Trinajstić information content (AvgIpc) is 2.57. The van der Waals surface area contributed by atoms with Crippen LogP contribution in [0.5, 0.6) is 0 Å². The van der Waals surface area contributed by atoms with Gasteiger partial charge in [0.25, 0.3) is 0 Å². The van der Waals surface area contributed by atoms with E-state index in [0.717, 1.165) is 11.1 Å². The van der Waals surface area contributed by atoms with Crippen LogP contribution in [-0.4, -0.2) is 0 Å². The average molecular weight is 271 g/mol. The fourth-order valence-corrected chi connectivity index (χ4v) is 2.26. The molecule has 0 N–H and O–H groups in total. The maximum Gasteiger partial charge on any atom is 0.0375 e. The molecule has 0 bridgehead atoms. The molecule has 0 saturated heterocycles. The predicted molar refractivity (Wildman–Crippen MR) is 86.1 cm³/mol. The lowest BCUT2D eigenvalue weighted by Crippen LogP contribution is -1.79. The van der Waals surface area contributed by atoms with Crippen LogP contribution in [0.15, 0.2) is 84.0 Å². The lowest BCUT2D eigenvalue weighted by Gasteiger charge is -2.05. The molecule has 3 heteroatoms. The van der Waals surface area contributed by atoms with Gasteiger partial charge in [0.05, 0.1) is 0 Å². The van der Waals surface area contributed by atoms with Crippen LogP contribution in [0.4, 0.5) is 5.69 Å². The number of hydrogen-bond donors (Lipinski definition) is 0. The molecule has 0 aliphatic heterocycles. The van der Waals surface area contributed by atoms with Gasteiger partial charge in [-0.05, 0) is 27.8 Å². The predicted octanol–water partition coefficient (Wildman–Crippen LogP) is 5.96. The second-order valence-electron chi connectivity index (χ2n) is 4.68. The molecule has 0 aromatic heterocycles. The smallest absolute Gasteiger partial charge is 0.0375 e. The minimum atomic E-state index is 0.627. The lowest BCUT2D eigenvalue weighted by molar-refractivity contribution is 1.47. The Bertz CT molecular complexity index is 769. The van der Waals surface area contributed by atoms with Gasteiger partial charge in [0.1, 0.15) is 0 Å². The third kappa shape index (κ3) is 2.94. The van der Waals surface area contributed by atoms with E-state index in [1.807, 2.05) is 42.5 Å². The normalized spacial score (nSPS) is 9.90. The highest BCUT2D eigenvalue weighted by Crippen LogP contribution is 2.26. The molecule has 0 fully saturated rings. The first-order chi connectivity index (χ1) is 10.4. The summed E-state index contributed by atoms with van der Waals surface area (Å²) in [4.78, 5) is 2.78. The lowest BCUT2D eigenvalue weighted by atomic mass is 10.0. The number of benzene rings is 3. The fourth-order valence-electron chi connectivity index (χ4n) is 2.26. The van der Waals surface area contributed by atoms with E-state index in [1.165, 1.54) is 11.1 Å². The summed E-state index contributed by atoms with van der Waals surface area (Å²) < 4.78 is 0. The molecule has 3 aromatic carbocycles. The summed E-state index contributed by atoms with van der Waals surface area (Å²) >= 11 is 0. The summed E-state index contributed by atoms with van der Waals surface area (Å²) in [6.45, 7) is 0. The van der Waals surface area contributed by atoms with Gasteiger partial charge in [-0.25, -0.2) is 0 Å². The van der Waals surface area contributed by atoms with Crippen LogP contribution in [0.2, 0.25) is 0 Å². The van der Waals surface area contributed by atoms with Gasteiger partial charge in [-0.15, -0.1) is 0 Å². The van der Waals surface area contributed by atoms with Crippen LogP contribution in [0.25, 0.3) is 32.7 Å². The van der Waals surface area contributed by atoms with Crippen molar-refractivity contribution in [3.63, 3.8) is 0 Å². The molecule has 0 saturated carbocycles. The van der Waals surface area contributed by atoms with Crippen molar-refractivity contribution in [1.29, 1.82) is 0 Å². The van der Waals surface area contributed by atoms with E-state index in [9.17, 15) is 0 Å². The first kappa shape index (κ1) is 13.0. The number of nitrogens with zero attached hydrogens (tertiary/aromatic N) is 3. The third-order valence-electron chi connectivity index (χ3n) is 3.35. The maximum absolute atomic E-state index is 8.40. The van der Waals surface area contributed by atoms with Gasteiger partial charge in [-0.3, -0.25) is 0 Å². The summed E-state index contributed by atoms with van der Waals surface area (Å²) in [5.41, 5.74) is 13.7. The van der Waals surface area contributed by atoms with Crippen molar-refractivity contribution >= 4 is 5.69 Å². The number of rotatable bonds is 3. The van der Waals surface area contributed by atoms with E-state index in [4.69, 9.17) is 5.53 Å². The quantitative estimate of drug-likeness (QED) is 0.320. The molecular formula is C18H13N3. The molecule has 0 aliphatic rings. The molecule has 3 nitrogen and oxygen atoms in total. The third-order valence-corrected chi connectivity index (χ3v) is 3.35. The molecule has 0 unspecified atom stereocenters. The van der Waals surface area contributed by atoms with Crippen molar-refractivity contribution < 1.29 is 0 Å². The second kappa shape index (κ2) is 5.95. The molecule has 100 valence electrons. The zero-order valence-corrected chi connectivity index (χ0v) is 11.3. The van der Waals surface area contributed by atoms with Gasteiger partial charge in [0, 0.05) is 10.6 Å². The van der Waals surface area contributed by atoms with Gasteiger partial charge in [0.15, 0.2) is 0 Å². The van der Waals surface area contributed by atoms with Gasteiger partial charge < -0.3 is 0 Å². The SMILES string of the molecule is [N-]=[N+]=Nc1ccc(-c2ccc(-c3ccccc3)cc2)cc1. The first-order valence-corrected chi connectivity index (χ1v) is 6.68. The van der Waals surface area contributed by atoms with Crippen molar-refractivity contribution in [3.8, 4) is 22.3 Å². The van der Waals surface area contributed by atoms with Crippen LogP contribution >= 0.6 is 0 Å². The van der Waals surface area contributed by atoms with Crippen LogP contribution in [0.3, 0.4) is 0 Å². The van der Waals surface area contributed by atoms with Gasteiger partial charge >= 0.3 is 0 Å². The topological polar surface area (TPSA) is 48.8 Å². The molecule has 21 heavy (non-hydrogen) atoms. The summed E-state index contributed by atoms with van der Waals surface area (Å²) in [5, 5.41) is 3.58. The van der Waals surface area contributed by atoms with E-state index in [2.05, 4.69) is 46.4 Å². The minimum Gasteiger partial charge on any atom is -0.0622 e. The number of azide groups is 1. The highest BCUT2D eigenvalue weighted by atomic mass is 15.1. The highest BCUT2D eigenvalue weighted by Gasteiger charge is 2.00. The molecule has 3 rings (SSSR count). The molecule has 0 amide bonds. The largest absolute Gasteiger partial charge is 0.0622 e. The first-order valence-electron chi connectivity index (χ1n) is 6.68. The van der Waals surface area contributed by atoms with Gasteiger partial charge in [0.2, 0.25) is 0 Å². The minimum absolute atomic E-state index is 0.627. The number of hydrogen-bond acceptors (Lipinski definition) is 1. The van der Waals surface area contributed by atoms with Crippen LogP contribution in [0.1, 0.15) is 0 Å². The summed E-state index contributed by atoms with van der Waals surface area (Å²) in [7, 11) is 0. The highest BCUT2D eigenvalue weighted by molar-refractivity contribution is 5.71. The summed E-state index contributed by atoms with van der Waals surface area (Å²) in [6, 6.07) is 26.3. The summed E-state index contributed by atoms with van der Waals surface area (Å²) in [6.07, 6.45) is 0. The van der Waals surface area contributed by atoms with E-state index in [1.54, 1.807) is 0 Å². The van der Waals surface area contributed by atoms with Crippen molar-refractivity contribution in [1.82, 2.24) is 0 Å². The molecule has 0 atom stereocenters. The van der Waals surface area contributed by atoms with E-state index < -0.39 is 0 Å². The Kier molecular flexibility index (Phi) is 3.68. The standard InChI is InChI=1S/C18H13N3/c19-21-20-18-12-10-17(11-13-18)16-8-6-15(7-9-16)14-4-2-1-3-5-14/h1-13H. The Balaban J connectivity index is 1.88. The summed E-state index contributed by atoms with van der Waals surface area (Å²) in [5.74, 6) is 0. The Hall–Kier alpha value is -3.03. The molecule has 0 aliphatic carbocycles. The van der Waals surface area contributed by atoms with Crippen molar-refractivity contribution in [2.24, 2.45) is 5.11 Å². The van der Waals surface area contributed by atoms with E-state index in [-0.39, 0.29) is 0 Å².